The number of carbonyl (C=O) groups excluding carboxylic acids is 2. The van der Waals surface area contributed by atoms with Crippen LogP contribution in [0.4, 0.5) is 0 Å². The van der Waals surface area contributed by atoms with E-state index in [1.54, 1.807) is 17.2 Å². The zero-order valence-electron chi connectivity index (χ0n) is 19.7. The number of fused-ring (bicyclic) bond motifs is 3. The quantitative estimate of drug-likeness (QED) is 0.517. The highest BCUT2D eigenvalue weighted by atomic mass is 35.5. The Morgan fingerprint density at radius 1 is 1.12 bits per heavy atom. The summed E-state index contributed by atoms with van der Waals surface area (Å²) in [5.41, 5.74) is 2.18. The fourth-order valence-electron chi connectivity index (χ4n) is 5.46. The number of hydrogen-bond donors (Lipinski definition) is 1. The van der Waals surface area contributed by atoms with Crippen LogP contribution in [0.5, 0.6) is 0 Å². The van der Waals surface area contributed by atoms with Crippen LogP contribution in [0.15, 0.2) is 47.1 Å². The molecule has 0 radical (unpaired) electrons. The molecule has 2 aliphatic rings. The summed E-state index contributed by atoms with van der Waals surface area (Å²) in [5, 5.41) is 4.01. The minimum absolute atomic E-state index is 0.0708. The molecule has 1 N–H and O–H groups in total. The fourth-order valence-corrected chi connectivity index (χ4v) is 5.58. The summed E-state index contributed by atoms with van der Waals surface area (Å²) >= 11 is 6.04. The van der Waals surface area contributed by atoms with Crippen LogP contribution < -0.4 is 5.32 Å². The van der Waals surface area contributed by atoms with Crippen molar-refractivity contribution in [1.82, 2.24) is 14.8 Å². The van der Waals surface area contributed by atoms with Crippen LogP contribution in [0.1, 0.15) is 67.9 Å². The number of carbonyl (C=O) groups is 2. The number of hydrogen-bond acceptors (Lipinski definition) is 3. The van der Waals surface area contributed by atoms with Crippen molar-refractivity contribution in [3.8, 4) is 0 Å². The first-order chi connectivity index (χ1) is 16.5. The highest BCUT2D eigenvalue weighted by Crippen LogP contribution is 2.33. The third kappa shape index (κ3) is 4.36. The highest BCUT2D eigenvalue weighted by Gasteiger charge is 2.48. The van der Waals surface area contributed by atoms with E-state index in [0.717, 1.165) is 36.8 Å². The van der Waals surface area contributed by atoms with Crippen molar-refractivity contribution in [3.63, 3.8) is 0 Å². The largest absolute Gasteiger partial charge is 0.463 e. The fraction of sp³-hybridized carbons (Fsp3) is 0.481. The summed E-state index contributed by atoms with van der Waals surface area (Å²) in [5.74, 6) is -0.208. The number of furan rings is 1. The van der Waals surface area contributed by atoms with Gasteiger partial charge in [0.25, 0.3) is 5.91 Å². The van der Waals surface area contributed by atoms with E-state index < -0.39 is 5.54 Å². The Labute approximate surface area is 205 Å². The zero-order chi connectivity index (χ0) is 23.7. The average molecular weight is 482 g/mol. The van der Waals surface area contributed by atoms with Gasteiger partial charge in [0.05, 0.1) is 18.3 Å². The SMILES string of the molecule is C[C@@]1(C(=O)NC2CCCCCCC2)Cn2c(cc3occc32)C(=O)N1CCc1ccc(Cl)cc1. The summed E-state index contributed by atoms with van der Waals surface area (Å²) in [6, 6.07) is 11.5. The Bertz CT molecular complexity index is 1170. The second-order valence-corrected chi connectivity index (χ2v) is 10.3. The lowest BCUT2D eigenvalue weighted by atomic mass is 9.91. The topological polar surface area (TPSA) is 67.5 Å². The van der Waals surface area contributed by atoms with Gasteiger partial charge in [0, 0.05) is 29.7 Å². The molecule has 1 aliphatic carbocycles. The van der Waals surface area contributed by atoms with Crippen LogP contribution in [0.2, 0.25) is 5.02 Å². The average Bonchev–Trinajstić information content (AvgIpc) is 3.39. The van der Waals surface area contributed by atoms with Gasteiger partial charge < -0.3 is 19.2 Å². The Morgan fingerprint density at radius 3 is 2.56 bits per heavy atom. The van der Waals surface area contributed by atoms with Crippen molar-refractivity contribution in [2.75, 3.05) is 6.54 Å². The number of rotatable bonds is 5. The van der Waals surface area contributed by atoms with Gasteiger partial charge in [-0.05, 0) is 43.9 Å². The summed E-state index contributed by atoms with van der Waals surface area (Å²) in [7, 11) is 0. The molecule has 3 aromatic rings. The minimum atomic E-state index is -0.998. The molecule has 0 saturated heterocycles. The van der Waals surface area contributed by atoms with Gasteiger partial charge in [-0.2, -0.15) is 0 Å². The number of nitrogens with one attached hydrogen (secondary N) is 1. The molecule has 1 atom stereocenters. The van der Waals surface area contributed by atoms with E-state index in [2.05, 4.69) is 5.32 Å². The zero-order valence-corrected chi connectivity index (χ0v) is 20.4. The third-order valence-electron chi connectivity index (χ3n) is 7.52. The number of amides is 2. The van der Waals surface area contributed by atoms with Crippen molar-refractivity contribution in [1.29, 1.82) is 0 Å². The van der Waals surface area contributed by atoms with E-state index >= 15 is 0 Å². The minimum Gasteiger partial charge on any atom is -0.463 e. The maximum atomic E-state index is 13.8. The van der Waals surface area contributed by atoms with E-state index in [1.165, 1.54) is 19.3 Å². The van der Waals surface area contributed by atoms with Crippen molar-refractivity contribution in [3.05, 3.63) is 58.9 Å². The van der Waals surface area contributed by atoms with E-state index in [4.69, 9.17) is 16.0 Å². The highest BCUT2D eigenvalue weighted by molar-refractivity contribution is 6.30. The van der Waals surface area contributed by atoms with Gasteiger partial charge in [-0.25, -0.2) is 0 Å². The summed E-state index contributed by atoms with van der Waals surface area (Å²) in [6.45, 7) is 2.75. The lowest BCUT2D eigenvalue weighted by molar-refractivity contribution is -0.133. The van der Waals surface area contributed by atoms with Gasteiger partial charge >= 0.3 is 0 Å². The Kier molecular flexibility index (Phi) is 6.43. The van der Waals surface area contributed by atoms with Crippen LogP contribution in [0.3, 0.4) is 0 Å². The smallest absolute Gasteiger partial charge is 0.271 e. The van der Waals surface area contributed by atoms with Gasteiger partial charge in [0.15, 0.2) is 5.58 Å². The van der Waals surface area contributed by atoms with Gasteiger partial charge in [-0.3, -0.25) is 9.59 Å². The van der Waals surface area contributed by atoms with Gasteiger partial charge in [0.2, 0.25) is 5.91 Å². The van der Waals surface area contributed by atoms with E-state index in [9.17, 15) is 9.59 Å². The lowest BCUT2D eigenvalue weighted by Gasteiger charge is -2.44. The maximum Gasteiger partial charge on any atom is 0.271 e. The summed E-state index contributed by atoms with van der Waals surface area (Å²) in [6.07, 6.45) is 10.3. The van der Waals surface area contributed by atoms with Crippen LogP contribution >= 0.6 is 11.6 Å². The van der Waals surface area contributed by atoms with Crippen molar-refractivity contribution in [2.45, 2.75) is 76.4 Å². The van der Waals surface area contributed by atoms with Crippen molar-refractivity contribution >= 4 is 34.5 Å². The molecule has 0 unspecified atom stereocenters. The molecule has 3 heterocycles. The monoisotopic (exact) mass is 481 g/mol. The molecule has 1 aromatic carbocycles. The normalized spacial score (nSPS) is 21.8. The molecule has 1 aliphatic heterocycles. The molecule has 2 amide bonds. The Balaban J connectivity index is 1.44. The second kappa shape index (κ2) is 9.49. The first-order valence-electron chi connectivity index (χ1n) is 12.4. The molecule has 1 fully saturated rings. The van der Waals surface area contributed by atoms with Crippen molar-refractivity contribution < 1.29 is 14.0 Å². The molecule has 0 spiro atoms. The molecule has 34 heavy (non-hydrogen) atoms. The van der Waals surface area contributed by atoms with Gasteiger partial charge in [-0.15, -0.1) is 0 Å². The number of halogens is 1. The molecule has 5 rings (SSSR count). The standard InChI is InChI=1S/C27H32ClN3O3/c1-27(26(33)29-21-7-5-3-2-4-6-8-21)18-30-22-14-16-34-24(22)17-23(30)25(32)31(27)15-13-19-9-11-20(28)12-10-19/h9-12,14,16-17,21H,2-8,13,15,18H2,1H3,(H,29,33)/t27-/m0/s1. The number of nitrogens with zero attached hydrogens (tertiary/aromatic N) is 2. The maximum absolute atomic E-state index is 13.8. The molecule has 1 saturated carbocycles. The molecular formula is C27H32ClN3O3. The van der Waals surface area contributed by atoms with Gasteiger partial charge in [-0.1, -0.05) is 55.8 Å². The van der Waals surface area contributed by atoms with E-state index in [0.29, 0.717) is 35.8 Å². The molecule has 2 aromatic heterocycles. The molecule has 7 heteroatoms. The number of aromatic nitrogens is 1. The van der Waals surface area contributed by atoms with Crippen LogP contribution in [-0.4, -0.2) is 39.4 Å². The summed E-state index contributed by atoms with van der Waals surface area (Å²) in [4.78, 5) is 29.3. The van der Waals surface area contributed by atoms with Crippen LogP contribution in [0, 0.1) is 0 Å². The van der Waals surface area contributed by atoms with Crippen molar-refractivity contribution in [2.24, 2.45) is 0 Å². The molecule has 180 valence electrons. The van der Waals surface area contributed by atoms with E-state index in [-0.39, 0.29) is 17.9 Å². The lowest BCUT2D eigenvalue weighted by Crippen LogP contribution is -2.65. The Hall–Kier alpha value is -2.73. The van der Waals surface area contributed by atoms with Crippen LogP contribution in [0.25, 0.3) is 11.1 Å². The molecular weight excluding hydrogens is 450 g/mol. The first-order valence-corrected chi connectivity index (χ1v) is 12.8. The van der Waals surface area contributed by atoms with Crippen LogP contribution in [-0.2, 0) is 17.8 Å². The molecule has 6 nitrogen and oxygen atoms in total. The predicted molar refractivity (Wildman–Crippen MR) is 133 cm³/mol. The third-order valence-corrected chi connectivity index (χ3v) is 7.77. The predicted octanol–water partition coefficient (Wildman–Crippen LogP) is 5.57. The van der Waals surface area contributed by atoms with E-state index in [1.807, 2.05) is 41.8 Å². The summed E-state index contributed by atoms with van der Waals surface area (Å²) < 4.78 is 7.51. The first kappa shape index (κ1) is 23.0. The van der Waals surface area contributed by atoms with Gasteiger partial charge in [0.1, 0.15) is 11.2 Å². The number of benzene rings is 1. The molecule has 0 bridgehead atoms. The second-order valence-electron chi connectivity index (χ2n) is 9.91. The Morgan fingerprint density at radius 2 is 1.82 bits per heavy atom.